The Hall–Kier alpha value is -1.82. The number of aryl methyl sites for hydroxylation is 1. The van der Waals surface area contributed by atoms with Gasteiger partial charge in [0.1, 0.15) is 0 Å². The van der Waals surface area contributed by atoms with Gasteiger partial charge >= 0.3 is 0 Å². The summed E-state index contributed by atoms with van der Waals surface area (Å²) < 4.78 is 1.71. The minimum Gasteiger partial charge on any atom is -0.396 e. The highest BCUT2D eigenvalue weighted by Crippen LogP contribution is 2.16. The Morgan fingerprint density at radius 3 is 3.00 bits per heavy atom. The molecule has 0 atom stereocenters. The van der Waals surface area contributed by atoms with Crippen molar-refractivity contribution in [3.05, 3.63) is 34.3 Å². The van der Waals surface area contributed by atoms with Crippen LogP contribution in [0.15, 0.2) is 24.5 Å². The van der Waals surface area contributed by atoms with Crippen LogP contribution in [0, 0.1) is 0 Å². The first-order valence-electron chi connectivity index (χ1n) is 5.84. The van der Waals surface area contributed by atoms with Gasteiger partial charge in [0.15, 0.2) is 0 Å². The maximum atomic E-state index is 11.8. The van der Waals surface area contributed by atoms with E-state index in [1.54, 1.807) is 17.1 Å². The van der Waals surface area contributed by atoms with Crippen LogP contribution in [0.4, 0.5) is 5.69 Å². The zero-order valence-corrected chi connectivity index (χ0v) is 11.0. The monoisotopic (exact) mass is 264 g/mol. The number of nitrogens with one attached hydrogen (secondary N) is 1. The summed E-state index contributed by atoms with van der Waals surface area (Å²) in [5, 5.41) is 6.91. The number of rotatable bonds is 5. The van der Waals surface area contributed by atoms with Gasteiger partial charge in [0.25, 0.3) is 5.91 Å². The van der Waals surface area contributed by atoms with Crippen molar-refractivity contribution in [1.29, 1.82) is 0 Å². The number of nitrogens with zero attached hydrogens (tertiary/aromatic N) is 2. The number of aromatic nitrogens is 2. The highest BCUT2D eigenvalue weighted by molar-refractivity contribution is 7.14. The highest BCUT2D eigenvalue weighted by atomic mass is 32.1. The van der Waals surface area contributed by atoms with Crippen molar-refractivity contribution in [2.45, 2.75) is 19.9 Å². The lowest BCUT2D eigenvalue weighted by atomic mass is 10.3. The average Bonchev–Trinajstić information content (AvgIpc) is 2.98. The Morgan fingerprint density at radius 1 is 1.56 bits per heavy atom. The number of nitrogen functional groups attached to an aromatic ring is 1. The molecule has 3 N–H and O–H groups in total. The van der Waals surface area contributed by atoms with Crippen molar-refractivity contribution in [2.75, 3.05) is 12.3 Å². The van der Waals surface area contributed by atoms with Crippen LogP contribution in [-0.2, 0) is 13.0 Å². The van der Waals surface area contributed by atoms with Crippen molar-refractivity contribution < 1.29 is 4.79 Å². The molecular formula is C12H16N4OS. The fourth-order valence-electron chi connectivity index (χ4n) is 1.56. The maximum Gasteiger partial charge on any atom is 0.261 e. The molecular weight excluding hydrogens is 248 g/mol. The number of anilines is 1. The molecule has 6 heteroatoms. The fourth-order valence-corrected chi connectivity index (χ4v) is 2.43. The summed E-state index contributed by atoms with van der Waals surface area (Å²) in [6.45, 7) is 3.24. The summed E-state index contributed by atoms with van der Waals surface area (Å²) in [4.78, 5) is 13.8. The zero-order valence-electron chi connectivity index (χ0n) is 10.2. The van der Waals surface area contributed by atoms with Crippen LogP contribution in [0.25, 0.3) is 0 Å². The molecule has 5 nitrogen and oxygen atoms in total. The first-order valence-corrected chi connectivity index (χ1v) is 6.65. The molecule has 2 rings (SSSR count). The lowest BCUT2D eigenvalue weighted by Gasteiger charge is -2.03. The number of hydrogen-bond donors (Lipinski definition) is 2. The molecule has 96 valence electrons. The predicted molar refractivity (Wildman–Crippen MR) is 72.7 cm³/mol. The van der Waals surface area contributed by atoms with Gasteiger partial charge in [0, 0.05) is 17.6 Å². The third kappa shape index (κ3) is 3.10. The van der Waals surface area contributed by atoms with E-state index in [2.05, 4.69) is 17.3 Å². The van der Waals surface area contributed by atoms with Gasteiger partial charge in [-0.3, -0.25) is 9.48 Å². The van der Waals surface area contributed by atoms with Crippen molar-refractivity contribution in [2.24, 2.45) is 0 Å². The number of hydrogen-bond acceptors (Lipinski definition) is 4. The van der Waals surface area contributed by atoms with E-state index in [4.69, 9.17) is 5.73 Å². The summed E-state index contributed by atoms with van der Waals surface area (Å²) in [5.74, 6) is -0.0279. The van der Waals surface area contributed by atoms with Gasteiger partial charge in [-0.2, -0.15) is 5.10 Å². The summed E-state index contributed by atoms with van der Waals surface area (Å²) in [6.07, 6.45) is 4.30. The van der Waals surface area contributed by atoms with Crippen LogP contribution in [-0.4, -0.2) is 22.2 Å². The summed E-state index contributed by atoms with van der Waals surface area (Å²) in [5.41, 5.74) is 6.18. The molecule has 0 radical (unpaired) electrons. The van der Waals surface area contributed by atoms with E-state index < -0.39 is 0 Å². The molecule has 0 unspecified atom stereocenters. The van der Waals surface area contributed by atoms with E-state index in [-0.39, 0.29) is 5.91 Å². The van der Waals surface area contributed by atoms with E-state index in [1.165, 1.54) is 16.2 Å². The summed E-state index contributed by atoms with van der Waals surface area (Å²) >= 11 is 1.54. The Labute approximate surface area is 110 Å². The average molecular weight is 264 g/mol. The van der Waals surface area contributed by atoms with Crippen LogP contribution in [0.3, 0.4) is 0 Å². The van der Waals surface area contributed by atoms with Crippen molar-refractivity contribution in [3.63, 3.8) is 0 Å². The van der Waals surface area contributed by atoms with E-state index >= 15 is 0 Å². The Morgan fingerprint density at radius 2 is 2.39 bits per heavy atom. The second-order valence-corrected chi connectivity index (χ2v) is 5.08. The van der Waals surface area contributed by atoms with Crippen molar-refractivity contribution in [1.82, 2.24) is 15.1 Å². The second-order valence-electron chi connectivity index (χ2n) is 3.91. The van der Waals surface area contributed by atoms with Crippen LogP contribution >= 0.6 is 11.3 Å². The summed E-state index contributed by atoms with van der Waals surface area (Å²) in [6, 6.07) is 3.86. The molecule has 2 heterocycles. The van der Waals surface area contributed by atoms with Gasteiger partial charge in [-0.25, -0.2) is 0 Å². The van der Waals surface area contributed by atoms with E-state index in [0.717, 1.165) is 11.3 Å². The molecule has 0 bridgehead atoms. The molecule has 0 aliphatic carbocycles. The molecule has 0 fully saturated rings. The highest BCUT2D eigenvalue weighted by Gasteiger charge is 2.07. The molecule has 0 aliphatic rings. The molecule has 1 amide bonds. The third-order valence-electron chi connectivity index (χ3n) is 2.51. The van der Waals surface area contributed by atoms with Gasteiger partial charge in [-0.05, 0) is 18.6 Å². The second kappa shape index (κ2) is 5.68. The van der Waals surface area contributed by atoms with Crippen LogP contribution in [0.5, 0.6) is 0 Å². The standard InChI is InChI=1S/C12H16N4OS/c1-2-10-3-4-11(18-10)12(17)14-5-6-16-8-9(13)7-15-16/h3-4,7-8H,2,5-6,13H2,1H3,(H,14,17). The zero-order chi connectivity index (χ0) is 13.0. The SMILES string of the molecule is CCc1ccc(C(=O)NCCn2cc(N)cn2)s1. The number of carbonyl (C=O) groups excluding carboxylic acids is 1. The smallest absolute Gasteiger partial charge is 0.261 e. The Kier molecular flexibility index (Phi) is 3.99. The Balaban J connectivity index is 1.81. The van der Waals surface area contributed by atoms with Gasteiger partial charge in [-0.15, -0.1) is 11.3 Å². The minimum absolute atomic E-state index is 0.0279. The quantitative estimate of drug-likeness (QED) is 0.860. The maximum absolute atomic E-state index is 11.8. The van der Waals surface area contributed by atoms with Gasteiger partial charge < -0.3 is 11.1 Å². The predicted octanol–water partition coefficient (Wildman–Crippen LogP) is 1.52. The first-order chi connectivity index (χ1) is 8.69. The van der Waals surface area contributed by atoms with E-state index in [0.29, 0.717) is 18.8 Å². The molecule has 18 heavy (non-hydrogen) atoms. The molecule has 2 aromatic rings. The third-order valence-corrected chi connectivity index (χ3v) is 3.74. The van der Waals surface area contributed by atoms with Crippen LogP contribution < -0.4 is 11.1 Å². The van der Waals surface area contributed by atoms with Gasteiger partial charge in [0.05, 0.1) is 23.3 Å². The van der Waals surface area contributed by atoms with Crippen LogP contribution in [0.2, 0.25) is 0 Å². The van der Waals surface area contributed by atoms with E-state index in [1.807, 2.05) is 12.1 Å². The fraction of sp³-hybridized carbons (Fsp3) is 0.333. The van der Waals surface area contributed by atoms with Crippen molar-refractivity contribution >= 4 is 22.9 Å². The minimum atomic E-state index is -0.0279. The number of carbonyl (C=O) groups is 1. The molecule has 0 saturated heterocycles. The van der Waals surface area contributed by atoms with Crippen molar-refractivity contribution in [3.8, 4) is 0 Å². The lowest BCUT2D eigenvalue weighted by molar-refractivity contribution is 0.0956. The van der Waals surface area contributed by atoms with Gasteiger partial charge in [-0.1, -0.05) is 6.92 Å². The number of amides is 1. The Bertz CT molecular complexity index is 532. The number of nitrogens with two attached hydrogens (primary N) is 1. The molecule has 2 aromatic heterocycles. The largest absolute Gasteiger partial charge is 0.396 e. The topological polar surface area (TPSA) is 72.9 Å². The first kappa shape index (κ1) is 12.6. The number of thiophene rings is 1. The molecule has 0 aromatic carbocycles. The normalized spacial score (nSPS) is 10.5. The molecule has 0 spiro atoms. The summed E-state index contributed by atoms with van der Waals surface area (Å²) in [7, 11) is 0. The molecule has 0 aliphatic heterocycles. The van der Waals surface area contributed by atoms with Gasteiger partial charge in [0.2, 0.25) is 0 Å². The van der Waals surface area contributed by atoms with Crippen LogP contribution in [0.1, 0.15) is 21.5 Å². The molecule has 0 saturated carbocycles. The lowest BCUT2D eigenvalue weighted by Crippen LogP contribution is -2.26. The van der Waals surface area contributed by atoms with E-state index in [9.17, 15) is 4.79 Å².